The summed E-state index contributed by atoms with van der Waals surface area (Å²) in [5, 5.41) is 0.970. The third kappa shape index (κ3) is 6.74. The van der Waals surface area contributed by atoms with Crippen LogP contribution < -0.4 is 9.47 Å². The SMILES string of the molecule is CCOc1cc(/C=C2\SC(=O)N(CC(=O)c3ccc(Cl)cc3)C2=O)cc(Br)c1OCc1ccc(Cl)cc1Cl. The minimum Gasteiger partial charge on any atom is -0.490 e. The third-order valence-corrected chi connectivity index (χ3v) is 7.69. The molecule has 0 aliphatic carbocycles. The zero-order valence-electron chi connectivity index (χ0n) is 19.8. The molecule has 0 saturated carbocycles. The van der Waals surface area contributed by atoms with Crippen LogP contribution in [-0.2, 0) is 11.4 Å². The second-order valence-corrected chi connectivity index (χ2v) is 11.1. The topological polar surface area (TPSA) is 72.9 Å². The first-order chi connectivity index (χ1) is 18.2. The van der Waals surface area contributed by atoms with Crippen molar-refractivity contribution in [2.45, 2.75) is 13.5 Å². The third-order valence-electron chi connectivity index (χ3n) is 5.36. The fourth-order valence-corrected chi connectivity index (χ4v) is 5.52. The Morgan fingerprint density at radius 1 is 1.00 bits per heavy atom. The van der Waals surface area contributed by atoms with Crippen LogP contribution in [0.4, 0.5) is 4.79 Å². The summed E-state index contributed by atoms with van der Waals surface area (Å²) in [4.78, 5) is 39.2. The molecule has 2 amide bonds. The van der Waals surface area contributed by atoms with Crippen molar-refractivity contribution in [1.82, 2.24) is 4.90 Å². The van der Waals surface area contributed by atoms with Crippen LogP contribution in [0.15, 0.2) is 64.0 Å². The van der Waals surface area contributed by atoms with Gasteiger partial charge in [0.25, 0.3) is 11.1 Å². The number of carbonyl (C=O) groups is 3. The van der Waals surface area contributed by atoms with E-state index in [1.807, 2.05) is 6.92 Å². The Morgan fingerprint density at radius 2 is 1.71 bits per heavy atom. The molecule has 4 rings (SSSR count). The molecule has 1 aliphatic rings. The van der Waals surface area contributed by atoms with E-state index in [-0.39, 0.29) is 23.8 Å². The van der Waals surface area contributed by atoms with Crippen LogP contribution in [0.5, 0.6) is 11.5 Å². The van der Waals surface area contributed by atoms with Crippen LogP contribution in [0.2, 0.25) is 15.1 Å². The number of rotatable bonds is 9. The second kappa shape index (κ2) is 12.6. The Balaban J connectivity index is 1.53. The molecule has 1 fully saturated rings. The number of hydrogen-bond donors (Lipinski definition) is 0. The van der Waals surface area contributed by atoms with Crippen LogP contribution in [0, 0.1) is 0 Å². The number of hydrogen-bond acceptors (Lipinski definition) is 6. The zero-order valence-corrected chi connectivity index (χ0v) is 24.5. The molecule has 38 heavy (non-hydrogen) atoms. The Hall–Kier alpha value is -2.49. The highest BCUT2D eigenvalue weighted by atomic mass is 79.9. The molecular formula is C27H19BrCl3NO5S. The molecule has 0 spiro atoms. The average molecular weight is 656 g/mol. The van der Waals surface area contributed by atoms with Gasteiger partial charge in [0.05, 0.1) is 22.5 Å². The number of Topliss-reactive ketones (excluding diaryl/α,β-unsaturated/α-hetero) is 1. The number of ether oxygens (including phenoxy) is 2. The summed E-state index contributed by atoms with van der Waals surface area (Å²) in [6.07, 6.45) is 1.57. The fraction of sp³-hybridized carbons (Fsp3) is 0.148. The molecule has 0 radical (unpaired) electrons. The molecule has 0 atom stereocenters. The molecule has 196 valence electrons. The van der Waals surface area contributed by atoms with Crippen LogP contribution >= 0.6 is 62.5 Å². The Labute approximate surface area is 247 Å². The number of ketones is 1. The number of thioether (sulfide) groups is 1. The highest BCUT2D eigenvalue weighted by molar-refractivity contribution is 9.10. The van der Waals surface area contributed by atoms with Crippen LogP contribution in [-0.4, -0.2) is 35.0 Å². The summed E-state index contributed by atoms with van der Waals surface area (Å²) in [5.41, 5.74) is 1.71. The smallest absolute Gasteiger partial charge is 0.293 e. The van der Waals surface area contributed by atoms with Crippen LogP contribution in [0.25, 0.3) is 6.08 Å². The van der Waals surface area contributed by atoms with Gasteiger partial charge >= 0.3 is 0 Å². The van der Waals surface area contributed by atoms with Crippen molar-refractivity contribution >= 4 is 85.5 Å². The lowest BCUT2D eigenvalue weighted by atomic mass is 10.1. The maximum atomic E-state index is 13.0. The Morgan fingerprint density at radius 3 is 2.39 bits per heavy atom. The Bertz CT molecular complexity index is 1450. The van der Waals surface area contributed by atoms with Gasteiger partial charge in [-0.2, -0.15) is 0 Å². The van der Waals surface area contributed by atoms with Crippen LogP contribution in [0.3, 0.4) is 0 Å². The summed E-state index contributed by atoms with van der Waals surface area (Å²) in [6.45, 7) is 2.02. The summed E-state index contributed by atoms with van der Waals surface area (Å²) < 4.78 is 12.4. The van der Waals surface area contributed by atoms with Gasteiger partial charge in [-0.3, -0.25) is 19.3 Å². The standard InChI is InChI=1S/C27H19BrCl3NO5S/c1-2-36-23-10-15(9-20(28)25(23)37-14-17-5-8-19(30)12-21(17)31)11-24-26(34)32(27(35)38-24)13-22(33)16-3-6-18(29)7-4-16/h3-12H,2,13-14H2,1H3/b24-11-. The molecule has 6 nitrogen and oxygen atoms in total. The minimum absolute atomic E-state index is 0.175. The van der Waals surface area contributed by atoms with Crippen molar-refractivity contribution in [1.29, 1.82) is 0 Å². The van der Waals surface area contributed by atoms with E-state index in [0.717, 1.165) is 22.2 Å². The molecular weight excluding hydrogens is 637 g/mol. The second-order valence-electron chi connectivity index (χ2n) is 7.99. The van der Waals surface area contributed by atoms with Gasteiger partial charge in [0, 0.05) is 26.2 Å². The van der Waals surface area contributed by atoms with E-state index in [1.54, 1.807) is 60.7 Å². The molecule has 3 aromatic carbocycles. The lowest BCUT2D eigenvalue weighted by Gasteiger charge is -2.15. The first-order valence-corrected chi connectivity index (χ1v) is 14.0. The van der Waals surface area contributed by atoms with Crippen molar-refractivity contribution in [2.24, 2.45) is 0 Å². The van der Waals surface area contributed by atoms with Gasteiger partial charge < -0.3 is 9.47 Å². The van der Waals surface area contributed by atoms with E-state index in [4.69, 9.17) is 44.3 Å². The zero-order chi connectivity index (χ0) is 27.4. The number of carbonyl (C=O) groups excluding carboxylic acids is 3. The normalized spacial score (nSPS) is 14.3. The van der Waals surface area contributed by atoms with Crippen LogP contribution in [0.1, 0.15) is 28.4 Å². The first kappa shape index (κ1) is 28.5. The van der Waals surface area contributed by atoms with Gasteiger partial charge in [0.1, 0.15) is 6.61 Å². The van der Waals surface area contributed by atoms with Crippen molar-refractivity contribution in [3.05, 3.63) is 95.7 Å². The monoisotopic (exact) mass is 653 g/mol. The minimum atomic E-state index is -0.547. The van der Waals surface area contributed by atoms with Gasteiger partial charge in [-0.15, -0.1) is 0 Å². The van der Waals surface area contributed by atoms with Crippen molar-refractivity contribution in [2.75, 3.05) is 13.2 Å². The Kier molecular flexibility index (Phi) is 9.44. The number of imide groups is 1. The maximum absolute atomic E-state index is 13.0. The molecule has 1 saturated heterocycles. The van der Waals surface area contributed by atoms with Gasteiger partial charge in [-0.25, -0.2) is 0 Å². The number of halogens is 4. The lowest BCUT2D eigenvalue weighted by Crippen LogP contribution is -2.33. The fourth-order valence-electron chi connectivity index (χ4n) is 3.52. The van der Waals surface area contributed by atoms with Crippen molar-refractivity contribution in [3.63, 3.8) is 0 Å². The predicted octanol–water partition coefficient (Wildman–Crippen LogP) is 8.31. The lowest BCUT2D eigenvalue weighted by molar-refractivity contribution is -0.122. The maximum Gasteiger partial charge on any atom is 0.293 e. The quantitative estimate of drug-likeness (QED) is 0.171. The molecule has 0 aromatic heterocycles. The predicted molar refractivity (Wildman–Crippen MR) is 155 cm³/mol. The van der Waals surface area contributed by atoms with E-state index in [1.165, 1.54) is 0 Å². The van der Waals surface area contributed by atoms with Crippen molar-refractivity contribution < 1.29 is 23.9 Å². The molecule has 1 heterocycles. The summed E-state index contributed by atoms with van der Waals surface area (Å²) in [5.74, 6) is -0.0185. The first-order valence-electron chi connectivity index (χ1n) is 11.2. The molecule has 11 heteroatoms. The average Bonchev–Trinajstić information content (AvgIpc) is 3.12. The highest BCUT2D eigenvalue weighted by Crippen LogP contribution is 2.40. The van der Waals surface area contributed by atoms with E-state index < -0.39 is 11.1 Å². The summed E-state index contributed by atoms with van der Waals surface area (Å²) in [6, 6.07) is 14.9. The van der Waals surface area contributed by atoms with Gasteiger partial charge in [-0.1, -0.05) is 40.9 Å². The largest absolute Gasteiger partial charge is 0.490 e. The number of nitrogens with zero attached hydrogens (tertiary/aromatic N) is 1. The molecule has 0 N–H and O–H groups in total. The van der Waals surface area contributed by atoms with Gasteiger partial charge in [0.15, 0.2) is 17.3 Å². The van der Waals surface area contributed by atoms with Crippen molar-refractivity contribution in [3.8, 4) is 11.5 Å². The van der Waals surface area contributed by atoms with E-state index >= 15 is 0 Å². The molecule has 3 aromatic rings. The van der Waals surface area contributed by atoms with Gasteiger partial charge in [0.2, 0.25) is 0 Å². The number of benzene rings is 3. The number of amides is 2. The van der Waals surface area contributed by atoms with E-state index in [2.05, 4.69) is 15.9 Å². The summed E-state index contributed by atoms with van der Waals surface area (Å²) in [7, 11) is 0. The molecule has 0 unspecified atom stereocenters. The molecule has 1 aliphatic heterocycles. The van der Waals surface area contributed by atoms with E-state index in [0.29, 0.717) is 48.8 Å². The van der Waals surface area contributed by atoms with E-state index in [9.17, 15) is 14.4 Å². The molecule has 0 bridgehead atoms. The highest BCUT2D eigenvalue weighted by Gasteiger charge is 2.36. The summed E-state index contributed by atoms with van der Waals surface area (Å²) >= 11 is 22.4. The van der Waals surface area contributed by atoms with Gasteiger partial charge in [-0.05, 0) is 94.8 Å².